The lowest BCUT2D eigenvalue weighted by molar-refractivity contribution is 0.481. The van der Waals surface area contributed by atoms with Gasteiger partial charge in [0.15, 0.2) is 0 Å². The molecular formula is C35H30O6S2. The smallest absolute Gasteiger partial charge is 0.282 e. The summed E-state index contributed by atoms with van der Waals surface area (Å²) in [7, 11) is -8.66. The highest BCUT2D eigenvalue weighted by Gasteiger charge is 2.22. The largest absolute Gasteiger partial charge is 0.294 e. The van der Waals surface area contributed by atoms with Crippen molar-refractivity contribution in [1.29, 1.82) is 0 Å². The van der Waals surface area contributed by atoms with E-state index >= 15 is 0 Å². The first-order valence-electron chi connectivity index (χ1n) is 14.0. The fourth-order valence-corrected chi connectivity index (χ4v) is 7.13. The SMILES string of the molecule is O=S(=O)(O)c1ccc2c(c1)=CCC(Cc1ccc3cc(S(=O)(=O)O)ccc3c1Cc1ccccc1)C=2Cc1ccccc1. The Morgan fingerprint density at radius 2 is 1.26 bits per heavy atom. The monoisotopic (exact) mass is 610 g/mol. The van der Waals surface area contributed by atoms with Gasteiger partial charge in [0.25, 0.3) is 20.2 Å². The second kappa shape index (κ2) is 11.5. The first-order valence-corrected chi connectivity index (χ1v) is 16.8. The van der Waals surface area contributed by atoms with Crippen molar-refractivity contribution in [1.82, 2.24) is 0 Å². The molecule has 6 rings (SSSR count). The van der Waals surface area contributed by atoms with E-state index in [4.69, 9.17) is 0 Å². The van der Waals surface area contributed by atoms with Crippen LogP contribution in [0, 0.1) is 5.92 Å². The average molecular weight is 611 g/mol. The van der Waals surface area contributed by atoms with E-state index in [1.165, 1.54) is 29.8 Å². The van der Waals surface area contributed by atoms with E-state index in [2.05, 4.69) is 24.3 Å². The maximum absolute atomic E-state index is 11.9. The van der Waals surface area contributed by atoms with Gasteiger partial charge >= 0.3 is 0 Å². The molecule has 43 heavy (non-hydrogen) atoms. The molecule has 0 spiro atoms. The molecular weight excluding hydrogens is 581 g/mol. The molecule has 6 nitrogen and oxygen atoms in total. The fourth-order valence-electron chi connectivity index (χ4n) is 6.10. The summed E-state index contributed by atoms with van der Waals surface area (Å²) in [5.41, 5.74) is 5.70. The van der Waals surface area contributed by atoms with E-state index in [-0.39, 0.29) is 15.7 Å². The molecule has 5 aromatic rings. The second-order valence-corrected chi connectivity index (χ2v) is 13.8. The van der Waals surface area contributed by atoms with E-state index in [1.807, 2.05) is 54.6 Å². The zero-order chi connectivity index (χ0) is 30.2. The Morgan fingerprint density at radius 3 is 1.91 bits per heavy atom. The quantitative estimate of drug-likeness (QED) is 0.229. The highest BCUT2D eigenvalue weighted by atomic mass is 32.2. The summed E-state index contributed by atoms with van der Waals surface area (Å²) < 4.78 is 66.7. The predicted octanol–water partition coefficient (Wildman–Crippen LogP) is 5.36. The molecule has 5 aromatic carbocycles. The van der Waals surface area contributed by atoms with Gasteiger partial charge in [-0.25, -0.2) is 0 Å². The molecule has 0 radical (unpaired) electrons. The van der Waals surface area contributed by atoms with Gasteiger partial charge in [-0.05, 0) is 99.3 Å². The van der Waals surface area contributed by atoms with Gasteiger partial charge in [-0.15, -0.1) is 0 Å². The minimum absolute atomic E-state index is 0.119. The van der Waals surface area contributed by atoms with Gasteiger partial charge in [0.2, 0.25) is 0 Å². The van der Waals surface area contributed by atoms with Gasteiger partial charge < -0.3 is 0 Å². The van der Waals surface area contributed by atoms with Crippen molar-refractivity contribution in [2.75, 3.05) is 0 Å². The van der Waals surface area contributed by atoms with Gasteiger partial charge in [-0.3, -0.25) is 9.11 Å². The van der Waals surface area contributed by atoms with Crippen LogP contribution in [0.3, 0.4) is 0 Å². The van der Waals surface area contributed by atoms with Crippen molar-refractivity contribution in [2.24, 2.45) is 5.92 Å². The zero-order valence-corrected chi connectivity index (χ0v) is 24.9. The Labute approximate surface area is 251 Å². The molecule has 1 aliphatic carbocycles. The molecule has 0 bridgehead atoms. The van der Waals surface area contributed by atoms with Crippen LogP contribution >= 0.6 is 0 Å². The number of hydrogen-bond acceptors (Lipinski definition) is 4. The first kappa shape index (κ1) is 29.0. The molecule has 1 aliphatic rings. The first-order chi connectivity index (χ1) is 20.6. The summed E-state index contributed by atoms with van der Waals surface area (Å²) >= 11 is 0. The van der Waals surface area contributed by atoms with Gasteiger partial charge in [0, 0.05) is 0 Å². The minimum Gasteiger partial charge on any atom is -0.282 e. The lowest BCUT2D eigenvalue weighted by atomic mass is 9.79. The fraction of sp³-hybridized carbons (Fsp3) is 0.143. The highest BCUT2D eigenvalue weighted by Crippen LogP contribution is 2.33. The van der Waals surface area contributed by atoms with Crippen LogP contribution in [0.2, 0.25) is 0 Å². The summed E-state index contributed by atoms with van der Waals surface area (Å²) in [6.45, 7) is 0. The Bertz CT molecular complexity index is 2170. The van der Waals surface area contributed by atoms with Crippen LogP contribution in [0.15, 0.2) is 119 Å². The molecule has 0 fully saturated rings. The van der Waals surface area contributed by atoms with E-state index in [9.17, 15) is 25.9 Å². The van der Waals surface area contributed by atoms with Crippen LogP contribution in [0.5, 0.6) is 0 Å². The van der Waals surface area contributed by atoms with Crippen molar-refractivity contribution >= 4 is 42.7 Å². The molecule has 2 N–H and O–H groups in total. The third-order valence-corrected chi connectivity index (χ3v) is 9.91. The normalized spacial score (nSPS) is 15.2. The zero-order valence-electron chi connectivity index (χ0n) is 23.2. The third kappa shape index (κ3) is 6.33. The highest BCUT2D eigenvalue weighted by molar-refractivity contribution is 7.86. The Morgan fingerprint density at radius 1 is 0.651 bits per heavy atom. The van der Waals surface area contributed by atoms with Crippen LogP contribution in [0.1, 0.15) is 28.7 Å². The molecule has 0 heterocycles. The lowest BCUT2D eigenvalue weighted by Crippen LogP contribution is -2.35. The maximum Gasteiger partial charge on any atom is 0.294 e. The van der Waals surface area contributed by atoms with Crippen LogP contribution < -0.4 is 10.4 Å². The van der Waals surface area contributed by atoms with Crippen molar-refractivity contribution in [3.05, 3.63) is 142 Å². The molecule has 8 heteroatoms. The Balaban J connectivity index is 1.48. The summed E-state index contributed by atoms with van der Waals surface area (Å²) in [5.74, 6) is 0.119. The average Bonchev–Trinajstić information content (AvgIpc) is 2.99. The van der Waals surface area contributed by atoms with Crippen molar-refractivity contribution in [2.45, 2.75) is 35.5 Å². The summed E-state index contributed by atoms with van der Waals surface area (Å²) in [6, 6.07) is 33.7. The minimum atomic E-state index is -4.34. The standard InChI is InChI=1S/C35H30O6S2/c36-42(37,38)30-15-17-32-28(22-30)13-11-26(34(32)19-24-7-3-1-4-8-24)21-27-12-14-29-23-31(43(39,40)41)16-18-33(29)35(27)20-25-9-5-2-6-10-25/h1-11,13-18,22-23,27H,12,19-21H2,(H,36,37,38)(H,39,40,41). The second-order valence-electron chi connectivity index (χ2n) is 11.0. The number of fused-ring (bicyclic) bond motifs is 2. The maximum atomic E-state index is 11.9. The number of rotatable bonds is 8. The van der Waals surface area contributed by atoms with E-state index < -0.39 is 20.2 Å². The van der Waals surface area contributed by atoms with Gasteiger partial charge in [-0.1, -0.05) is 96.6 Å². The molecule has 0 aromatic heterocycles. The van der Waals surface area contributed by atoms with Crippen molar-refractivity contribution in [3.8, 4) is 0 Å². The molecule has 1 unspecified atom stereocenters. The Kier molecular flexibility index (Phi) is 7.79. The number of benzene rings is 5. The lowest BCUT2D eigenvalue weighted by Gasteiger charge is -2.25. The molecule has 0 aliphatic heterocycles. The van der Waals surface area contributed by atoms with Crippen LogP contribution in [0.25, 0.3) is 22.4 Å². The Hall–Kier alpha value is -4.08. The molecule has 0 saturated heterocycles. The summed E-state index contributed by atoms with van der Waals surface area (Å²) in [6.07, 6.45) is 4.79. The molecule has 218 valence electrons. The topological polar surface area (TPSA) is 109 Å². The van der Waals surface area contributed by atoms with Crippen molar-refractivity contribution < 1.29 is 25.9 Å². The van der Waals surface area contributed by atoms with Gasteiger partial charge in [0.1, 0.15) is 0 Å². The molecule has 0 amide bonds. The van der Waals surface area contributed by atoms with Gasteiger partial charge in [-0.2, -0.15) is 16.8 Å². The van der Waals surface area contributed by atoms with Crippen LogP contribution in [-0.2, 0) is 39.5 Å². The third-order valence-electron chi connectivity index (χ3n) is 8.21. The van der Waals surface area contributed by atoms with E-state index in [0.29, 0.717) is 19.3 Å². The van der Waals surface area contributed by atoms with E-state index in [1.54, 1.807) is 12.1 Å². The van der Waals surface area contributed by atoms with Crippen LogP contribution in [0.4, 0.5) is 0 Å². The number of hydrogen-bond donors (Lipinski definition) is 2. The van der Waals surface area contributed by atoms with Crippen molar-refractivity contribution in [3.63, 3.8) is 0 Å². The van der Waals surface area contributed by atoms with Gasteiger partial charge in [0.05, 0.1) is 9.79 Å². The van der Waals surface area contributed by atoms with Crippen LogP contribution in [-0.4, -0.2) is 25.9 Å². The molecule has 1 atom stereocenters. The molecule has 0 saturated carbocycles. The summed E-state index contributed by atoms with van der Waals surface area (Å²) in [5, 5.41) is 3.42. The predicted molar refractivity (Wildman–Crippen MR) is 168 cm³/mol. The van der Waals surface area contributed by atoms with E-state index in [0.717, 1.165) is 49.9 Å². The summed E-state index contributed by atoms with van der Waals surface area (Å²) in [4.78, 5) is -0.261.